The zero-order chi connectivity index (χ0) is 21.0. The number of amides is 1. The number of hydrogen-bond donors (Lipinski definition) is 0. The molecule has 29 heavy (non-hydrogen) atoms. The van der Waals surface area contributed by atoms with Crippen LogP contribution < -0.4 is 0 Å². The van der Waals surface area contributed by atoms with Gasteiger partial charge in [-0.05, 0) is 30.2 Å². The number of rotatable bonds is 6. The Morgan fingerprint density at radius 1 is 1.07 bits per heavy atom. The van der Waals surface area contributed by atoms with E-state index in [0.29, 0.717) is 6.42 Å². The number of carbonyl (C=O) groups excluding carboxylic acids is 1. The van der Waals surface area contributed by atoms with Gasteiger partial charge in [-0.3, -0.25) is 14.9 Å². The van der Waals surface area contributed by atoms with Gasteiger partial charge in [0, 0.05) is 44.7 Å². The highest BCUT2D eigenvalue weighted by Gasteiger charge is 2.30. The molecule has 8 nitrogen and oxygen atoms in total. The average Bonchev–Trinajstić information content (AvgIpc) is 2.73. The molecule has 0 saturated carbocycles. The van der Waals surface area contributed by atoms with E-state index in [9.17, 15) is 27.7 Å². The number of carbonyl (C=O) groups is 1. The standard InChI is InChI=1S/C19H20FN3O5S/c20-16-7-4-15(5-8-16)6-9-19(24)21-10-12-22(13-11-21)29(27,28)18-3-1-2-17(14-18)23(25)26/h1-5,7-8,14H,6,9-13H2. The molecule has 0 aromatic heterocycles. The van der Waals surface area contributed by atoms with Gasteiger partial charge in [-0.25, -0.2) is 12.8 Å². The van der Waals surface area contributed by atoms with Crippen LogP contribution in [0.25, 0.3) is 0 Å². The predicted octanol–water partition coefficient (Wildman–Crippen LogP) is 2.20. The van der Waals surface area contributed by atoms with Crippen molar-refractivity contribution < 1.29 is 22.5 Å². The van der Waals surface area contributed by atoms with Gasteiger partial charge < -0.3 is 4.90 Å². The maximum absolute atomic E-state index is 12.9. The highest BCUT2D eigenvalue weighted by Crippen LogP contribution is 2.22. The number of nitro groups is 1. The summed E-state index contributed by atoms with van der Waals surface area (Å²) in [7, 11) is -3.87. The normalized spacial score (nSPS) is 15.3. The second kappa shape index (κ2) is 8.66. The van der Waals surface area contributed by atoms with Crippen molar-refractivity contribution in [1.82, 2.24) is 9.21 Å². The quantitative estimate of drug-likeness (QED) is 0.526. The van der Waals surface area contributed by atoms with Gasteiger partial charge in [0.05, 0.1) is 9.82 Å². The van der Waals surface area contributed by atoms with Crippen molar-refractivity contribution in [2.45, 2.75) is 17.7 Å². The molecule has 1 aliphatic heterocycles. The summed E-state index contributed by atoms with van der Waals surface area (Å²) in [5.74, 6) is -0.428. The first kappa shape index (κ1) is 20.9. The van der Waals surface area contributed by atoms with Crippen molar-refractivity contribution in [1.29, 1.82) is 0 Å². The van der Waals surface area contributed by atoms with Crippen molar-refractivity contribution in [2.24, 2.45) is 0 Å². The van der Waals surface area contributed by atoms with Gasteiger partial charge in [-0.2, -0.15) is 4.31 Å². The summed E-state index contributed by atoms with van der Waals surface area (Å²) >= 11 is 0. The molecular weight excluding hydrogens is 401 g/mol. The van der Waals surface area contributed by atoms with Gasteiger partial charge in [0.25, 0.3) is 5.69 Å². The van der Waals surface area contributed by atoms with Crippen molar-refractivity contribution in [3.8, 4) is 0 Å². The molecule has 1 aliphatic rings. The Bertz CT molecular complexity index is 1000. The van der Waals surface area contributed by atoms with E-state index in [2.05, 4.69) is 0 Å². The Morgan fingerprint density at radius 3 is 2.34 bits per heavy atom. The molecule has 0 atom stereocenters. The fraction of sp³-hybridized carbons (Fsp3) is 0.316. The van der Waals surface area contributed by atoms with Crippen LogP contribution in [0.5, 0.6) is 0 Å². The monoisotopic (exact) mass is 421 g/mol. The van der Waals surface area contributed by atoms with E-state index in [1.54, 1.807) is 17.0 Å². The van der Waals surface area contributed by atoms with Gasteiger partial charge in [0.2, 0.25) is 15.9 Å². The topological polar surface area (TPSA) is 101 Å². The maximum Gasteiger partial charge on any atom is 0.270 e. The fourth-order valence-electron chi connectivity index (χ4n) is 3.14. The summed E-state index contributed by atoms with van der Waals surface area (Å²) in [6.07, 6.45) is 0.731. The Labute approximate surface area is 167 Å². The number of aryl methyl sites for hydroxylation is 1. The summed E-state index contributed by atoms with van der Waals surface area (Å²) < 4.78 is 39.7. The third kappa shape index (κ3) is 4.96. The highest BCUT2D eigenvalue weighted by atomic mass is 32.2. The number of sulfonamides is 1. The molecule has 2 aromatic carbocycles. The lowest BCUT2D eigenvalue weighted by molar-refractivity contribution is -0.385. The van der Waals surface area contributed by atoms with E-state index in [0.717, 1.165) is 11.6 Å². The van der Waals surface area contributed by atoms with Crippen molar-refractivity contribution in [2.75, 3.05) is 26.2 Å². The van der Waals surface area contributed by atoms with Crippen LogP contribution in [-0.4, -0.2) is 54.6 Å². The molecule has 0 aliphatic carbocycles. The van der Waals surface area contributed by atoms with Crippen LogP contribution in [0.3, 0.4) is 0 Å². The third-order valence-electron chi connectivity index (χ3n) is 4.80. The molecule has 0 radical (unpaired) electrons. The summed E-state index contributed by atoms with van der Waals surface area (Å²) in [5.41, 5.74) is 0.562. The summed E-state index contributed by atoms with van der Waals surface area (Å²) in [6.45, 7) is 0.730. The van der Waals surface area contributed by atoms with E-state index in [1.807, 2.05) is 0 Å². The molecule has 1 amide bonds. The molecule has 10 heteroatoms. The van der Waals surface area contributed by atoms with E-state index >= 15 is 0 Å². The smallest absolute Gasteiger partial charge is 0.270 e. The van der Waals surface area contributed by atoms with Crippen molar-refractivity contribution in [3.63, 3.8) is 0 Å². The first-order chi connectivity index (χ1) is 13.8. The SMILES string of the molecule is O=C(CCc1ccc(F)cc1)N1CCN(S(=O)(=O)c2cccc([N+](=O)[O-])c2)CC1. The van der Waals surface area contributed by atoms with Crippen LogP contribution in [0.1, 0.15) is 12.0 Å². The summed E-state index contributed by atoms with van der Waals surface area (Å²) in [5, 5.41) is 10.9. The second-order valence-corrected chi connectivity index (χ2v) is 8.60. The Morgan fingerprint density at radius 2 is 1.72 bits per heavy atom. The number of nitro benzene ring substituents is 1. The first-order valence-electron chi connectivity index (χ1n) is 9.04. The Kier molecular flexibility index (Phi) is 6.23. The number of non-ortho nitro benzene ring substituents is 1. The molecule has 0 unspecified atom stereocenters. The van der Waals surface area contributed by atoms with Gasteiger partial charge in [0.15, 0.2) is 0 Å². The molecule has 0 N–H and O–H groups in total. The van der Waals surface area contributed by atoms with Gasteiger partial charge in [-0.15, -0.1) is 0 Å². The Hall–Kier alpha value is -2.85. The largest absolute Gasteiger partial charge is 0.340 e. The van der Waals surface area contributed by atoms with E-state index < -0.39 is 14.9 Å². The maximum atomic E-state index is 12.9. The van der Waals surface area contributed by atoms with Crippen LogP contribution in [0.4, 0.5) is 10.1 Å². The third-order valence-corrected chi connectivity index (χ3v) is 6.69. The predicted molar refractivity (Wildman–Crippen MR) is 103 cm³/mol. The van der Waals surface area contributed by atoms with Crippen LogP contribution >= 0.6 is 0 Å². The number of benzene rings is 2. The fourth-order valence-corrected chi connectivity index (χ4v) is 4.61. The molecule has 2 aromatic rings. The number of nitrogens with zero attached hydrogens (tertiary/aromatic N) is 3. The highest BCUT2D eigenvalue weighted by molar-refractivity contribution is 7.89. The van der Waals surface area contributed by atoms with E-state index in [4.69, 9.17) is 0 Å². The van der Waals surface area contributed by atoms with Crippen LogP contribution in [0.15, 0.2) is 53.4 Å². The van der Waals surface area contributed by atoms with Gasteiger partial charge in [0.1, 0.15) is 5.82 Å². The minimum atomic E-state index is -3.87. The molecule has 1 fully saturated rings. The lowest BCUT2D eigenvalue weighted by Gasteiger charge is -2.34. The van der Waals surface area contributed by atoms with E-state index in [-0.39, 0.29) is 54.9 Å². The molecule has 3 rings (SSSR count). The van der Waals surface area contributed by atoms with E-state index in [1.165, 1.54) is 34.6 Å². The molecule has 1 saturated heterocycles. The van der Waals surface area contributed by atoms with Gasteiger partial charge >= 0.3 is 0 Å². The van der Waals surface area contributed by atoms with Crippen LogP contribution in [0.2, 0.25) is 0 Å². The second-order valence-electron chi connectivity index (χ2n) is 6.67. The van der Waals surface area contributed by atoms with Crippen molar-refractivity contribution in [3.05, 3.63) is 70.0 Å². The minimum absolute atomic E-state index is 0.0956. The minimum Gasteiger partial charge on any atom is -0.340 e. The average molecular weight is 421 g/mol. The number of piperazine rings is 1. The molecule has 0 spiro atoms. The first-order valence-corrected chi connectivity index (χ1v) is 10.5. The summed E-state index contributed by atoms with van der Waals surface area (Å²) in [4.78, 5) is 24.1. The zero-order valence-electron chi connectivity index (χ0n) is 15.5. The lowest BCUT2D eigenvalue weighted by Crippen LogP contribution is -2.50. The van der Waals surface area contributed by atoms with Gasteiger partial charge in [-0.1, -0.05) is 18.2 Å². The zero-order valence-corrected chi connectivity index (χ0v) is 16.3. The Balaban J connectivity index is 1.58. The molecule has 1 heterocycles. The van der Waals surface area contributed by atoms with Crippen LogP contribution in [-0.2, 0) is 21.2 Å². The van der Waals surface area contributed by atoms with Crippen LogP contribution in [0, 0.1) is 15.9 Å². The number of halogens is 1. The molecular formula is C19H20FN3O5S. The molecule has 0 bridgehead atoms. The lowest BCUT2D eigenvalue weighted by atomic mass is 10.1. The van der Waals surface area contributed by atoms with Crippen molar-refractivity contribution >= 4 is 21.6 Å². The summed E-state index contributed by atoms with van der Waals surface area (Å²) in [6, 6.07) is 10.9. The number of hydrogen-bond acceptors (Lipinski definition) is 5. The molecule has 154 valence electrons.